The highest BCUT2D eigenvalue weighted by Crippen LogP contribution is 2.39. The summed E-state index contributed by atoms with van der Waals surface area (Å²) in [5, 5.41) is 23.2. The lowest BCUT2D eigenvalue weighted by Crippen LogP contribution is -2.57. The van der Waals surface area contributed by atoms with Gasteiger partial charge in [-0.05, 0) is 37.5 Å². The summed E-state index contributed by atoms with van der Waals surface area (Å²) in [6.07, 6.45) is -5.08. The van der Waals surface area contributed by atoms with Crippen molar-refractivity contribution in [2.75, 3.05) is 26.7 Å². The number of benzene rings is 1. The molecule has 46 heavy (non-hydrogen) atoms. The molecule has 0 bridgehead atoms. The van der Waals surface area contributed by atoms with Crippen molar-refractivity contribution in [3.63, 3.8) is 0 Å². The third kappa shape index (κ3) is 9.15. The summed E-state index contributed by atoms with van der Waals surface area (Å²) in [6, 6.07) is 12.6. The summed E-state index contributed by atoms with van der Waals surface area (Å²) in [5.41, 5.74) is 3.30. The summed E-state index contributed by atoms with van der Waals surface area (Å²) in [6.45, 7) is 5.93. The van der Waals surface area contributed by atoms with Gasteiger partial charge in [-0.2, -0.15) is 26.3 Å². The number of amides is 1. The van der Waals surface area contributed by atoms with Gasteiger partial charge in [-0.15, -0.1) is 10.2 Å². The summed E-state index contributed by atoms with van der Waals surface area (Å²) in [4.78, 5) is 38.8. The first-order valence-corrected chi connectivity index (χ1v) is 13.5. The van der Waals surface area contributed by atoms with Crippen LogP contribution in [0.2, 0.25) is 0 Å². The fraction of sp³-hybridized carbons (Fsp3) is 0.429. The maximum Gasteiger partial charge on any atom is 0.490 e. The highest BCUT2D eigenvalue weighted by Gasteiger charge is 2.46. The van der Waals surface area contributed by atoms with Crippen LogP contribution in [0.1, 0.15) is 29.8 Å². The van der Waals surface area contributed by atoms with Crippen molar-refractivity contribution in [2.24, 2.45) is 0 Å². The lowest BCUT2D eigenvalue weighted by molar-refractivity contribution is -0.193. The summed E-state index contributed by atoms with van der Waals surface area (Å²) >= 11 is 0. The van der Waals surface area contributed by atoms with E-state index in [4.69, 9.17) is 24.5 Å². The predicted molar refractivity (Wildman–Crippen MR) is 147 cm³/mol. The molecule has 2 N–H and O–H groups in total. The number of nitrogens with zero attached hydrogens (tertiary/aromatic N) is 6. The number of rotatable bonds is 3. The molecule has 1 fully saturated rings. The first-order chi connectivity index (χ1) is 21.5. The van der Waals surface area contributed by atoms with Gasteiger partial charge >= 0.3 is 30.4 Å². The van der Waals surface area contributed by atoms with E-state index < -0.39 is 24.3 Å². The number of carboxylic acids is 2. The smallest absolute Gasteiger partial charge is 0.475 e. The first kappa shape index (κ1) is 35.7. The molecule has 0 saturated carbocycles. The van der Waals surface area contributed by atoms with E-state index in [0.717, 1.165) is 49.7 Å². The largest absolute Gasteiger partial charge is 0.490 e. The zero-order valence-electron chi connectivity index (χ0n) is 24.5. The molecule has 2 aromatic heterocycles. The topological polar surface area (TPSA) is 151 Å². The Bertz CT molecular complexity index is 1480. The van der Waals surface area contributed by atoms with E-state index in [-0.39, 0.29) is 11.6 Å². The number of aryl methyl sites for hydroxylation is 1. The second-order valence-electron chi connectivity index (χ2n) is 10.4. The average Bonchev–Trinajstić information content (AvgIpc) is 3.43. The minimum atomic E-state index is -5.08. The maximum atomic E-state index is 12.4. The van der Waals surface area contributed by atoms with Crippen molar-refractivity contribution in [3.05, 3.63) is 65.7 Å². The van der Waals surface area contributed by atoms with Crippen molar-refractivity contribution in [1.29, 1.82) is 0 Å². The molecule has 2 aliphatic heterocycles. The Morgan fingerprint density at radius 3 is 2.07 bits per heavy atom. The highest BCUT2D eigenvalue weighted by molar-refractivity contribution is 5.73. The molecule has 5 rings (SSSR count). The van der Waals surface area contributed by atoms with Gasteiger partial charge in [0.1, 0.15) is 0 Å². The number of methoxy groups -OCH3 is 1. The van der Waals surface area contributed by atoms with Gasteiger partial charge in [0.2, 0.25) is 0 Å². The standard InChI is InChI=1S/C24H28N6O2.2C2HF3O2/c1-18-5-3-6-19(13-18)15-28-11-8-24(9-12-28)17-29(23(31)32-2)16-21-26-27-22(30(21)24)20-7-4-10-25-14-20;2*3-2(4,5)1(6)7/h3-7,10,13-14H,8-9,11-12,15-17H2,1-2H3;2*(H,6,7). The number of carbonyl (C=O) groups excluding carboxylic acids is 1. The molecule has 1 amide bonds. The number of alkyl halides is 6. The second kappa shape index (κ2) is 14.6. The second-order valence-corrected chi connectivity index (χ2v) is 10.4. The quantitative estimate of drug-likeness (QED) is 0.385. The van der Waals surface area contributed by atoms with Crippen LogP contribution in [0.25, 0.3) is 11.4 Å². The number of aliphatic carboxylic acids is 2. The van der Waals surface area contributed by atoms with Gasteiger partial charge in [0, 0.05) is 44.1 Å². The zero-order valence-corrected chi connectivity index (χ0v) is 24.5. The molecule has 0 radical (unpaired) electrons. The molecule has 4 heterocycles. The number of aromatic nitrogens is 4. The molecule has 12 nitrogen and oxygen atoms in total. The number of ether oxygens (including phenoxy) is 1. The van der Waals surface area contributed by atoms with Crippen LogP contribution in [-0.4, -0.2) is 96.9 Å². The summed E-state index contributed by atoms with van der Waals surface area (Å²) in [5.74, 6) is -3.89. The van der Waals surface area contributed by atoms with Crippen LogP contribution in [-0.2, 0) is 33.0 Å². The number of hydrogen-bond acceptors (Lipinski definition) is 8. The lowest BCUT2D eigenvalue weighted by Gasteiger charge is -2.48. The van der Waals surface area contributed by atoms with Crippen LogP contribution in [0.15, 0.2) is 48.8 Å². The molecule has 2 aliphatic rings. The summed E-state index contributed by atoms with van der Waals surface area (Å²) < 4.78 is 70.8. The normalized spacial score (nSPS) is 15.9. The molecule has 0 atom stereocenters. The Kier molecular flexibility index (Phi) is 11.3. The maximum absolute atomic E-state index is 12.4. The number of carboxylic acid groups (broad SMARTS) is 2. The van der Waals surface area contributed by atoms with Crippen molar-refractivity contribution in [3.8, 4) is 11.4 Å². The molecule has 0 unspecified atom stereocenters. The fourth-order valence-electron chi connectivity index (χ4n) is 5.09. The minimum Gasteiger partial charge on any atom is -0.475 e. The van der Waals surface area contributed by atoms with E-state index in [1.807, 2.05) is 18.3 Å². The molecule has 0 aliphatic carbocycles. The van der Waals surface area contributed by atoms with Crippen molar-refractivity contribution >= 4 is 18.0 Å². The summed E-state index contributed by atoms with van der Waals surface area (Å²) in [7, 11) is 1.43. The molecule has 1 spiro atoms. The molecule has 250 valence electrons. The Morgan fingerprint density at radius 1 is 0.957 bits per heavy atom. The van der Waals surface area contributed by atoms with Gasteiger partial charge in [0.25, 0.3) is 0 Å². The van der Waals surface area contributed by atoms with E-state index in [9.17, 15) is 31.1 Å². The Labute approximate surface area is 258 Å². The number of carbonyl (C=O) groups is 3. The van der Waals surface area contributed by atoms with Crippen LogP contribution in [0.3, 0.4) is 0 Å². The third-order valence-corrected chi connectivity index (χ3v) is 7.13. The van der Waals surface area contributed by atoms with Gasteiger partial charge in [0.05, 0.1) is 19.2 Å². The monoisotopic (exact) mass is 660 g/mol. The van der Waals surface area contributed by atoms with Gasteiger partial charge in [-0.25, -0.2) is 14.4 Å². The Morgan fingerprint density at radius 2 is 1.57 bits per heavy atom. The number of hydrogen-bond donors (Lipinski definition) is 2. The van der Waals surface area contributed by atoms with Crippen molar-refractivity contribution in [1.82, 2.24) is 29.5 Å². The molecule has 18 heteroatoms. The Balaban J connectivity index is 0.000000345. The molecular weight excluding hydrogens is 630 g/mol. The van der Waals surface area contributed by atoms with Crippen LogP contribution in [0.4, 0.5) is 31.1 Å². The number of halogens is 6. The van der Waals surface area contributed by atoms with E-state index in [1.165, 1.54) is 18.2 Å². The van der Waals surface area contributed by atoms with Gasteiger partial charge in [0.15, 0.2) is 11.6 Å². The van der Waals surface area contributed by atoms with Crippen LogP contribution < -0.4 is 0 Å². The number of piperidine rings is 1. The number of likely N-dealkylation sites (tertiary alicyclic amines) is 1. The van der Waals surface area contributed by atoms with Crippen LogP contribution in [0, 0.1) is 6.92 Å². The SMILES string of the molecule is COC(=O)N1Cc2nnc(-c3cccnc3)n2C2(CCN(Cc3cccc(C)c3)CC2)C1.O=C(O)C(F)(F)F.O=C(O)C(F)(F)F. The fourth-order valence-corrected chi connectivity index (χ4v) is 5.09. The van der Waals surface area contributed by atoms with E-state index in [1.54, 1.807) is 11.1 Å². The number of pyridine rings is 1. The van der Waals surface area contributed by atoms with E-state index in [0.29, 0.717) is 13.1 Å². The first-order valence-electron chi connectivity index (χ1n) is 13.5. The van der Waals surface area contributed by atoms with Crippen molar-refractivity contribution in [2.45, 2.75) is 50.7 Å². The van der Waals surface area contributed by atoms with Gasteiger partial charge in [-0.1, -0.05) is 29.8 Å². The van der Waals surface area contributed by atoms with Crippen molar-refractivity contribution < 1.29 is 55.7 Å². The van der Waals surface area contributed by atoms with Crippen LogP contribution >= 0.6 is 0 Å². The zero-order chi connectivity index (χ0) is 34.3. The van der Waals surface area contributed by atoms with E-state index >= 15 is 0 Å². The third-order valence-electron chi connectivity index (χ3n) is 7.13. The number of fused-ring (bicyclic) bond motifs is 2. The van der Waals surface area contributed by atoms with E-state index in [2.05, 4.69) is 55.8 Å². The van der Waals surface area contributed by atoms with Gasteiger partial charge in [-0.3, -0.25) is 14.8 Å². The van der Waals surface area contributed by atoms with Crippen LogP contribution in [0.5, 0.6) is 0 Å². The molecule has 1 aromatic carbocycles. The average molecular weight is 661 g/mol. The Hall–Kier alpha value is -4.74. The molecule has 1 saturated heterocycles. The van der Waals surface area contributed by atoms with Gasteiger partial charge < -0.3 is 19.5 Å². The lowest BCUT2D eigenvalue weighted by atomic mass is 9.84. The predicted octanol–water partition coefficient (Wildman–Crippen LogP) is 4.49. The molecule has 3 aromatic rings. The molecular formula is C28H30F6N6O6. The highest BCUT2D eigenvalue weighted by atomic mass is 19.4. The minimum absolute atomic E-state index is 0.264.